The number of hydrogen-bond donors (Lipinski definition) is 0. The van der Waals surface area contributed by atoms with Gasteiger partial charge < -0.3 is 19.2 Å². The molecule has 180 valence electrons. The van der Waals surface area contributed by atoms with Gasteiger partial charge in [0.05, 0.1) is 11.9 Å². The molecule has 0 bridgehead atoms. The SMILES string of the molecule is O=C(CN1CC=C(c2ccccc2)C=C1c1ccccc1)N1CCN(c2noc3ccccc23)CC1. The minimum atomic E-state index is 0.151. The first-order valence-corrected chi connectivity index (χ1v) is 12.4. The molecule has 0 N–H and O–H groups in total. The van der Waals surface area contributed by atoms with Crippen molar-refractivity contribution in [1.29, 1.82) is 0 Å². The number of benzene rings is 3. The maximum Gasteiger partial charge on any atom is 0.242 e. The summed E-state index contributed by atoms with van der Waals surface area (Å²) in [6.07, 6.45) is 4.41. The Labute approximate surface area is 210 Å². The number of carbonyl (C=O) groups is 1. The highest BCUT2D eigenvalue weighted by atomic mass is 16.5. The highest BCUT2D eigenvalue weighted by molar-refractivity contribution is 5.89. The number of fused-ring (bicyclic) bond motifs is 1. The first-order valence-electron chi connectivity index (χ1n) is 12.4. The highest BCUT2D eigenvalue weighted by Gasteiger charge is 2.27. The number of hydrogen-bond acceptors (Lipinski definition) is 5. The van der Waals surface area contributed by atoms with E-state index in [0.717, 1.165) is 41.1 Å². The number of rotatable bonds is 5. The van der Waals surface area contributed by atoms with E-state index in [2.05, 4.69) is 63.5 Å². The summed E-state index contributed by atoms with van der Waals surface area (Å²) in [7, 11) is 0. The fraction of sp³-hybridized carbons (Fsp3) is 0.200. The molecule has 0 saturated carbocycles. The summed E-state index contributed by atoms with van der Waals surface area (Å²) in [4.78, 5) is 19.7. The number of carbonyl (C=O) groups excluding carboxylic acids is 1. The summed E-state index contributed by atoms with van der Waals surface area (Å²) in [5.41, 5.74) is 5.37. The van der Waals surface area contributed by atoms with Gasteiger partial charge in [0.2, 0.25) is 5.91 Å². The van der Waals surface area contributed by atoms with Gasteiger partial charge in [-0.3, -0.25) is 4.79 Å². The van der Waals surface area contributed by atoms with Crippen molar-refractivity contribution < 1.29 is 9.32 Å². The van der Waals surface area contributed by atoms with Crippen molar-refractivity contribution in [1.82, 2.24) is 15.0 Å². The van der Waals surface area contributed by atoms with E-state index in [4.69, 9.17) is 4.52 Å². The van der Waals surface area contributed by atoms with Crippen LogP contribution in [-0.4, -0.2) is 60.1 Å². The van der Waals surface area contributed by atoms with Gasteiger partial charge >= 0.3 is 0 Å². The first-order chi connectivity index (χ1) is 17.8. The number of anilines is 1. The smallest absolute Gasteiger partial charge is 0.242 e. The van der Waals surface area contributed by atoms with Crippen molar-refractivity contribution in [2.75, 3.05) is 44.2 Å². The third kappa shape index (κ3) is 4.38. The fourth-order valence-corrected chi connectivity index (χ4v) is 4.99. The molecule has 0 radical (unpaired) electrons. The van der Waals surface area contributed by atoms with Crippen molar-refractivity contribution in [2.24, 2.45) is 0 Å². The molecular formula is C30H28N4O2. The van der Waals surface area contributed by atoms with Crippen LogP contribution >= 0.6 is 0 Å². The Morgan fingerprint density at radius 2 is 1.47 bits per heavy atom. The van der Waals surface area contributed by atoms with Crippen molar-refractivity contribution in [2.45, 2.75) is 0 Å². The van der Waals surface area contributed by atoms with Crippen LogP contribution in [-0.2, 0) is 4.79 Å². The second kappa shape index (κ2) is 9.74. The van der Waals surface area contributed by atoms with E-state index in [1.807, 2.05) is 53.4 Å². The maximum absolute atomic E-state index is 13.4. The number of piperazine rings is 1. The Bertz CT molecular complexity index is 1420. The molecule has 2 aliphatic rings. The molecule has 4 aromatic rings. The van der Waals surface area contributed by atoms with E-state index in [-0.39, 0.29) is 5.91 Å². The minimum absolute atomic E-state index is 0.151. The van der Waals surface area contributed by atoms with E-state index in [0.29, 0.717) is 26.2 Å². The van der Waals surface area contributed by atoms with Crippen LogP contribution in [0.3, 0.4) is 0 Å². The van der Waals surface area contributed by atoms with Crippen LogP contribution in [0.5, 0.6) is 0 Å². The summed E-state index contributed by atoms with van der Waals surface area (Å²) >= 11 is 0. The lowest BCUT2D eigenvalue weighted by molar-refractivity contribution is -0.131. The second-order valence-corrected chi connectivity index (χ2v) is 9.17. The van der Waals surface area contributed by atoms with Crippen LogP contribution in [0.1, 0.15) is 11.1 Å². The molecule has 0 atom stereocenters. The zero-order chi connectivity index (χ0) is 24.3. The second-order valence-electron chi connectivity index (χ2n) is 9.17. The van der Waals surface area contributed by atoms with E-state index >= 15 is 0 Å². The van der Waals surface area contributed by atoms with E-state index in [1.165, 1.54) is 11.1 Å². The van der Waals surface area contributed by atoms with Gasteiger partial charge in [0.25, 0.3) is 0 Å². The van der Waals surface area contributed by atoms with Crippen molar-refractivity contribution in [3.05, 3.63) is 108 Å². The number of allylic oxidation sites excluding steroid dienone is 2. The molecule has 1 amide bonds. The number of aromatic nitrogens is 1. The van der Waals surface area contributed by atoms with Crippen molar-refractivity contribution in [3.63, 3.8) is 0 Å². The number of para-hydroxylation sites is 1. The predicted molar refractivity (Wildman–Crippen MR) is 143 cm³/mol. The molecule has 3 aromatic carbocycles. The Balaban J connectivity index is 1.15. The van der Waals surface area contributed by atoms with Gasteiger partial charge in [0, 0.05) is 38.4 Å². The molecule has 0 unspecified atom stereocenters. The molecule has 0 spiro atoms. The van der Waals surface area contributed by atoms with Crippen LogP contribution < -0.4 is 4.90 Å². The molecule has 1 aromatic heterocycles. The molecule has 6 heteroatoms. The molecule has 0 aliphatic carbocycles. The van der Waals surface area contributed by atoms with E-state index < -0.39 is 0 Å². The van der Waals surface area contributed by atoms with E-state index in [9.17, 15) is 4.79 Å². The topological polar surface area (TPSA) is 52.8 Å². The van der Waals surface area contributed by atoms with Gasteiger partial charge in [-0.15, -0.1) is 0 Å². The summed E-state index contributed by atoms with van der Waals surface area (Å²) in [5, 5.41) is 5.30. The summed E-state index contributed by atoms with van der Waals surface area (Å²) in [6, 6.07) is 28.6. The average molecular weight is 477 g/mol. The molecule has 3 heterocycles. The molecule has 1 fully saturated rings. The highest BCUT2D eigenvalue weighted by Crippen LogP contribution is 2.30. The lowest BCUT2D eigenvalue weighted by Crippen LogP contribution is -2.51. The molecule has 1 saturated heterocycles. The minimum Gasteiger partial charge on any atom is -0.358 e. The Kier molecular flexibility index (Phi) is 6.00. The third-order valence-electron chi connectivity index (χ3n) is 6.96. The molecule has 2 aliphatic heterocycles. The molecule has 6 nitrogen and oxygen atoms in total. The van der Waals surface area contributed by atoms with Crippen molar-refractivity contribution in [3.8, 4) is 0 Å². The van der Waals surface area contributed by atoms with Gasteiger partial charge in [0.15, 0.2) is 11.4 Å². The number of nitrogens with zero attached hydrogens (tertiary/aromatic N) is 4. The van der Waals surface area contributed by atoms with Gasteiger partial charge in [-0.25, -0.2) is 0 Å². The standard InChI is InChI=1S/C30H28N4O2/c35-29(32-17-19-33(20-18-32)30-26-13-7-8-14-28(26)36-31-30)22-34-16-15-25(23-9-3-1-4-10-23)21-27(34)24-11-5-2-6-12-24/h1-15,21H,16-20,22H2. The van der Waals surface area contributed by atoms with Gasteiger partial charge in [-0.1, -0.05) is 84.0 Å². The Hall–Kier alpha value is -4.32. The predicted octanol–water partition coefficient (Wildman–Crippen LogP) is 4.92. The fourth-order valence-electron chi connectivity index (χ4n) is 4.99. The quantitative estimate of drug-likeness (QED) is 0.409. The van der Waals surface area contributed by atoms with Crippen molar-refractivity contribution >= 4 is 34.0 Å². The first kappa shape index (κ1) is 22.2. The van der Waals surface area contributed by atoms with Crippen LogP contribution in [0.4, 0.5) is 5.82 Å². The Morgan fingerprint density at radius 1 is 0.806 bits per heavy atom. The lowest BCUT2D eigenvalue weighted by atomic mass is 9.98. The normalized spacial score (nSPS) is 16.2. The summed E-state index contributed by atoms with van der Waals surface area (Å²) in [5.74, 6) is 1.01. The third-order valence-corrected chi connectivity index (χ3v) is 6.96. The Morgan fingerprint density at radius 3 is 2.22 bits per heavy atom. The molecule has 36 heavy (non-hydrogen) atoms. The maximum atomic E-state index is 13.4. The van der Waals surface area contributed by atoms with Gasteiger partial charge in [-0.2, -0.15) is 0 Å². The van der Waals surface area contributed by atoms with Gasteiger partial charge in [-0.05, 0) is 34.9 Å². The lowest BCUT2D eigenvalue weighted by Gasteiger charge is -2.37. The number of amides is 1. The van der Waals surface area contributed by atoms with Crippen LogP contribution in [0.15, 0.2) is 102 Å². The summed E-state index contributed by atoms with van der Waals surface area (Å²) in [6.45, 7) is 3.86. The largest absolute Gasteiger partial charge is 0.358 e. The van der Waals surface area contributed by atoms with Gasteiger partial charge in [0.1, 0.15) is 0 Å². The van der Waals surface area contributed by atoms with Crippen LogP contribution in [0.25, 0.3) is 22.2 Å². The zero-order valence-electron chi connectivity index (χ0n) is 20.1. The monoisotopic (exact) mass is 476 g/mol. The van der Waals surface area contributed by atoms with Crippen LogP contribution in [0, 0.1) is 0 Å². The molecular weight excluding hydrogens is 448 g/mol. The molecule has 6 rings (SSSR count). The average Bonchev–Trinajstić information content (AvgIpc) is 3.38. The summed E-state index contributed by atoms with van der Waals surface area (Å²) < 4.78 is 5.48. The zero-order valence-corrected chi connectivity index (χ0v) is 20.1. The van der Waals surface area contributed by atoms with Crippen LogP contribution in [0.2, 0.25) is 0 Å². The van der Waals surface area contributed by atoms with E-state index in [1.54, 1.807) is 0 Å².